The molecule has 3 rings (SSSR count). The quantitative estimate of drug-likeness (QED) is 0.795. The predicted molar refractivity (Wildman–Crippen MR) is 103 cm³/mol. The molecule has 0 spiro atoms. The van der Waals surface area contributed by atoms with Gasteiger partial charge in [0.05, 0.1) is 18.1 Å². The van der Waals surface area contributed by atoms with Gasteiger partial charge in [-0.3, -0.25) is 0 Å². The zero-order chi connectivity index (χ0) is 18.6. The molecule has 7 nitrogen and oxygen atoms in total. The van der Waals surface area contributed by atoms with Crippen molar-refractivity contribution in [1.29, 1.82) is 0 Å². The largest absolute Gasteiger partial charge is 0.494 e. The van der Waals surface area contributed by atoms with E-state index in [1.54, 1.807) is 6.20 Å². The van der Waals surface area contributed by atoms with Crippen molar-refractivity contribution in [3.05, 3.63) is 36.5 Å². The summed E-state index contributed by atoms with van der Waals surface area (Å²) in [5.74, 6) is 2.46. The average Bonchev–Trinajstić information content (AvgIpc) is 2.98. The first-order valence-corrected chi connectivity index (χ1v) is 10.6. The zero-order valence-corrected chi connectivity index (χ0v) is 15.9. The van der Waals surface area contributed by atoms with Crippen LogP contribution in [0.25, 0.3) is 0 Å². The summed E-state index contributed by atoms with van der Waals surface area (Å²) in [6.07, 6.45) is 2.33. The Morgan fingerprint density at radius 3 is 2.62 bits per heavy atom. The van der Waals surface area contributed by atoms with Crippen LogP contribution >= 0.6 is 0 Å². The molecule has 1 aromatic carbocycles. The molecule has 2 heterocycles. The highest BCUT2D eigenvalue weighted by Crippen LogP contribution is 2.24. The average molecular weight is 376 g/mol. The van der Waals surface area contributed by atoms with Crippen LogP contribution in [-0.4, -0.2) is 49.1 Å². The van der Waals surface area contributed by atoms with Gasteiger partial charge in [0.2, 0.25) is 5.95 Å². The zero-order valence-electron chi connectivity index (χ0n) is 15.1. The van der Waals surface area contributed by atoms with Crippen molar-refractivity contribution in [3.63, 3.8) is 0 Å². The van der Waals surface area contributed by atoms with E-state index in [1.807, 2.05) is 49.1 Å². The van der Waals surface area contributed by atoms with E-state index in [2.05, 4.69) is 15.3 Å². The highest BCUT2D eigenvalue weighted by Gasteiger charge is 2.32. The number of hydrogen-bond donors (Lipinski definition) is 1. The first-order valence-electron chi connectivity index (χ1n) is 8.80. The Labute approximate surface area is 154 Å². The van der Waals surface area contributed by atoms with Gasteiger partial charge in [0, 0.05) is 24.5 Å². The van der Waals surface area contributed by atoms with Gasteiger partial charge in [-0.15, -0.1) is 0 Å². The molecule has 1 unspecified atom stereocenters. The topological polar surface area (TPSA) is 84.4 Å². The summed E-state index contributed by atoms with van der Waals surface area (Å²) in [6, 6.07) is 9.37. The van der Waals surface area contributed by atoms with Crippen LogP contribution in [0.3, 0.4) is 0 Å². The molecule has 0 radical (unpaired) electrons. The SMILES string of the molecule is CCOc1ccc(Nc2nccc(N(CC)C3CCS(=O)(=O)C3)n2)cc1. The predicted octanol–water partition coefficient (Wildman–Crippen LogP) is 2.63. The second-order valence-corrected chi connectivity index (χ2v) is 8.39. The Morgan fingerprint density at radius 2 is 2.00 bits per heavy atom. The van der Waals surface area contributed by atoms with Gasteiger partial charge in [0.15, 0.2) is 9.84 Å². The van der Waals surface area contributed by atoms with Crippen molar-refractivity contribution in [2.45, 2.75) is 26.3 Å². The van der Waals surface area contributed by atoms with Gasteiger partial charge in [0.1, 0.15) is 11.6 Å². The smallest absolute Gasteiger partial charge is 0.229 e. The van der Waals surface area contributed by atoms with Crippen LogP contribution in [0.2, 0.25) is 0 Å². The first kappa shape index (κ1) is 18.4. The van der Waals surface area contributed by atoms with Crippen molar-refractivity contribution in [3.8, 4) is 5.75 Å². The Morgan fingerprint density at radius 1 is 1.23 bits per heavy atom. The molecule has 1 aromatic heterocycles. The summed E-state index contributed by atoms with van der Waals surface area (Å²) in [4.78, 5) is 10.9. The minimum absolute atomic E-state index is 0.0294. The molecule has 0 aliphatic carbocycles. The van der Waals surface area contributed by atoms with E-state index in [0.29, 0.717) is 25.5 Å². The number of nitrogens with one attached hydrogen (secondary N) is 1. The maximum Gasteiger partial charge on any atom is 0.229 e. The van der Waals surface area contributed by atoms with Crippen LogP contribution in [0, 0.1) is 0 Å². The number of nitrogens with zero attached hydrogens (tertiary/aromatic N) is 3. The molecule has 1 fully saturated rings. The third kappa shape index (κ3) is 4.43. The van der Waals surface area contributed by atoms with Gasteiger partial charge >= 0.3 is 0 Å². The molecule has 8 heteroatoms. The van der Waals surface area contributed by atoms with Crippen LogP contribution in [0.5, 0.6) is 5.75 Å². The number of sulfone groups is 1. The fraction of sp³-hybridized carbons (Fsp3) is 0.444. The molecule has 1 aliphatic heterocycles. The minimum atomic E-state index is -2.94. The molecule has 1 saturated heterocycles. The fourth-order valence-corrected chi connectivity index (χ4v) is 4.86. The highest BCUT2D eigenvalue weighted by molar-refractivity contribution is 7.91. The molecule has 1 atom stereocenters. The van der Waals surface area contributed by atoms with E-state index in [-0.39, 0.29) is 17.5 Å². The van der Waals surface area contributed by atoms with Gasteiger partial charge in [-0.2, -0.15) is 4.98 Å². The number of rotatable bonds is 7. The first-order chi connectivity index (χ1) is 12.5. The summed E-state index contributed by atoms with van der Waals surface area (Å²) in [6.45, 7) is 5.27. The van der Waals surface area contributed by atoms with Crippen LogP contribution < -0.4 is 15.0 Å². The number of anilines is 3. The number of hydrogen-bond acceptors (Lipinski definition) is 7. The van der Waals surface area contributed by atoms with Gasteiger partial charge in [-0.1, -0.05) is 0 Å². The highest BCUT2D eigenvalue weighted by atomic mass is 32.2. The number of aromatic nitrogens is 2. The van der Waals surface area contributed by atoms with Gasteiger partial charge in [0.25, 0.3) is 0 Å². The molecule has 26 heavy (non-hydrogen) atoms. The van der Waals surface area contributed by atoms with Crippen molar-refractivity contribution >= 4 is 27.3 Å². The van der Waals surface area contributed by atoms with Gasteiger partial charge in [-0.05, 0) is 50.6 Å². The lowest BCUT2D eigenvalue weighted by Crippen LogP contribution is -2.36. The van der Waals surface area contributed by atoms with Crippen molar-refractivity contribution in [2.24, 2.45) is 0 Å². The summed E-state index contributed by atoms with van der Waals surface area (Å²) < 4.78 is 29.0. The maximum absolute atomic E-state index is 11.8. The molecular weight excluding hydrogens is 352 g/mol. The van der Waals surface area contributed by atoms with Crippen molar-refractivity contribution < 1.29 is 13.2 Å². The summed E-state index contributed by atoms with van der Waals surface area (Å²) in [7, 11) is -2.94. The Bertz CT molecular complexity index is 840. The van der Waals surface area contributed by atoms with Crippen molar-refractivity contribution in [2.75, 3.05) is 34.9 Å². The Hall–Kier alpha value is -2.35. The van der Waals surface area contributed by atoms with E-state index in [9.17, 15) is 8.42 Å². The monoisotopic (exact) mass is 376 g/mol. The normalized spacial score (nSPS) is 18.5. The fourth-order valence-electron chi connectivity index (χ4n) is 3.13. The molecule has 1 N–H and O–H groups in total. The molecular formula is C18H24N4O3S. The lowest BCUT2D eigenvalue weighted by molar-refractivity contribution is 0.340. The van der Waals surface area contributed by atoms with Crippen LogP contribution in [0.4, 0.5) is 17.5 Å². The summed E-state index contributed by atoms with van der Waals surface area (Å²) in [5.41, 5.74) is 0.858. The summed E-state index contributed by atoms with van der Waals surface area (Å²) in [5, 5.41) is 3.18. The van der Waals surface area contributed by atoms with E-state index in [0.717, 1.165) is 17.3 Å². The maximum atomic E-state index is 11.8. The third-order valence-electron chi connectivity index (χ3n) is 4.35. The molecule has 1 aliphatic rings. The lowest BCUT2D eigenvalue weighted by Gasteiger charge is -2.28. The number of benzene rings is 1. The van der Waals surface area contributed by atoms with Crippen LogP contribution in [0.1, 0.15) is 20.3 Å². The van der Waals surface area contributed by atoms with Gasteiger partial charge < -0.3 is 15.0 Å². The lowest BCUT2D eigenvalue weighted by atomic mass is 10.2. The Balaban J connectivity index is 1.74. The van der Waals surface area contributed by atoms with E-state index in [4.69, 9.17) is 4.74 Å². The van der Waals surface area contributed by atoms with E-state index in [1.165, 1.54) is 0 Å². The molecule has 0 bridgehead atoms. The standard InChI is InChI=1S/C18H24N4O3S/c1-3-22(15-10-12-26(23,24)13-15)17-9-11-19-18(21-17)20-14-5-7-16(8-6-14)25-4-2/h5-9,11,15H,3-4,10,12-13H2,1-2H3,(H,19,20,21). The van der Waals surface area contributed by atoms with Crippen LogP contribution in [0.15, 0.2) is 36.5 Å². The molecule has 140 valence electrons. The minimum Gasteiger partial charge on any atom is -0.494 e. The van der Waals surface area contributed by atoms with E-state index >= 15 is 0 Å². The second kappa shape index (κ2) is 7.90. The molecule has 0 saturated carbocycles. The third-order valence-corrected chi connectivity index (χ3v) is 6.10. The Kier molecular flexibility index (Phi) is 5.61. The summed E-state index contributed by atoms with van der Waals surface area (Å²) >= 11 is 0. The van der Waals surface area contributed by atoms with E-state index < -0.39 is 9.84 Å². The van der Waals surface area contributed by atoms with Crippen molar-refractivity contribution in [1.82, 2.24) is 9.97 Å². The second-order valence-electron chi connectivity index (χ2n) is 6.16. The molecule has 2 aromatic rings. The van der Waals surface area contributed by atoms with Gasteiger partial charge in [-0.25, -0.2) is 13.4 Å². The van der Waals surface area contributed by atoms with Crippen LogP contribution in [-0.2, 0) is 9.84 Å². The number of ether oxygens (including phenoxy) is 1. The molecule has 0 amide bonds.